The van der Waals surface area contributed by atoms with E-state index in [9.17, 15) is 4.79 Å². The van der Waals surface area contributed by atoms with Crippen LogP contribution in [0.25, 0.3) is 10.9 Å². The van der Waals surface area contributed by atoms with Crippen LogP contribution >= 0.6 is 0 Å². The van der Waals surface area contributed by atoms with E-state index in [0.717, 1.165) is 24.8 Å². The lowest BCUT2D eigenvalue weighted by Crippen LogP contribution is -2.29. The van der Waals surface area contributed by atoms with Crippen LogP contribution in [0.2, 0.25) is 0 Å². The lowest BCUT2D eigenvalue weighted by molar-refractivity contribution is 0.0797. The Balaban J connectivity index is 1.62. The number of benzene rings is 2. The molecule has 0 saturated heterocycles. The molecule has 126 valence electrons. The first-order valence-electron chi connectivity index (χ1n) is 8.69. The molecule has 0 aliphatic heterocycles. The number of aromatic amines is 1. The number of hydrogen-bond donors (Lipinski definition) is 1. The van der Waals surface area contributed by atoms with Crippen molar-refractivity contribution in [3.05, 3.63) is 77.9 Å². The molecule has 0 bridgehead atoms. The molecule has 1 aromatic heterocycles. The molecule has 0 aliphatic rings. The lowest BCUT2D eigenvalue weighted by atomic mass is 9.70. The quantitative estimate of drug-likeness (QED) is 0.693. The van der Waals surface area contributed by atoms with Gasteiger partial charge in [-0.05, 0) is 37.1 Å². The van der Waals surface area contributed by atoms with Crippen LogP contribution in [0.15, 0.2) is 66.8 Å². The van der Waals surface area contributed by atoms with Crippen LogP contribution in [0.4, 0.5) is 0 Å². The van der Waals surface area contributed by atoms with Gasteiger partial charge in [-0.25, -0.2) is 0 Å². The van der Waals surface area contributed by atoms with E-state index in [1.54, 1.807) is 4.90 Å². The number of fused-ring (bicyclic) bond motifs is 1. The van der Waals surface area contributed by atoms with E-state index in [-0.39, 0.29) is 5.91 Å². The Morgan fingerprint density at radius 1 is 1.16 bits per heavy atom. The highest BCUT2D eigenvalue weighted by molar-refractivity contribution is 6.58. The third-order valence-electron chi connectivity index (χ3n) is 4.53. The van der Waals surface area contributed by atoms with E-state index < -0.39 is 0 Å². The van der Waals surface area contributed by atoms with Gasteiger partial charge in [0.25, 0.3) is 5.91 Å². The highest BCUT2D eigenvalue weighted by atomic mass is 16.2. The van der Waals surface area contributed by atoms with Crippen molar-refractivity contribution in [3.63, 3.8) is 0 Å². The Bertz CT molecular complexity index is 880. The highest BCUT2D eigenvalue weighted by Crippen LogP contribution is 2.18. The molecular formula is C21H23BN2O. The van der Waals surface area contributed by atoms with Gasteiger partial charge in [0.05, 0.1) is 0 Å². The summed E-state index contributed by atoms with van der Waals surface area (Å²) < 4.78 is 0. The van der Waals surface area contributed by atoms with Crippen molar-refractivity contribution in [2.24, 2.45) is 0 Å². The molecule has 0 aliphatic carbocycles. The van der Waals surface area contributed by atoms with E-state index in [1.807, 2.05) is 62.6 Å². The molecule has 0 radical (unpaired) electrons. The number of amides is 1. The largest absolute Gasteiger partial charge is 0.361 e. The summed E-state index contributed by atoms with van der Waals surface area (Å²) in [7, 11) is 2.77. The fourth-order valence-electron chi connectivity index (χ4n) is 2.99. The Labute approximate surface area is 149 Å². The molecule has 0 spiro atoms. The van der Waals surface area contributed by atoms with Crippen molar-refractivity contribution >= 4 is 29.6 Å². The van der Waals surface area contributed by atoms with Crippen LogP contribution in [0, 0.1) is 0 Å². The first-order chi connectivity index (χ1) is 12.2. The highest BCUT2D eigenvalue weighted by Gasteiger charge is 2.12. The number of carbonyl (C=O) groups excluding carboxylic acids is 1. The monoisotopic (exact) mass is 330 g/mol. The predicted octanol–water partition coefficient (Wildman–Crippen LogP) is 3.08. The topological polar surface area (TPSA) is 36.1 Å². The molecule has 3 rings (SSSR count). The maximum atomic E-state index is 12.6. The Morgan fingerprint density at radius 3 is 2.68 bits per heavy atom. The third kappa shape index (κ3) is 4.02. The first kappa shape index (κ1) is 17.1. The zero-order valence-electron chi connectivity index (χ0n) is 14.8. The van der Waals surface area contributed by atoms with Crippen molar-refractivity contribution in [1.82, 2.24) is 9.88 Å². The van der Waals surface area contributed by atoms with Crippen molar-refractivity contribution in [1.29, 1.82) is 0 Å². The smallest absolute Gasteiger partial charge is 0.253 e. The van der Waals surface area contributed by atoms with Gasteiger partial charge >= 0.3 is 0 Å². The summed E-state index contributed by atoms with van der Waals surface area (Å²) in [6, 6.07) is 16.2. The van der Waals surface area contributed by atoms with Crippen LogP contribution in [0.1, 0.15) is 22.8 Å². The van der Waals surface area contributed by atoms with Crippen molar-refractivity contribution < 1.29 is 4.79 Å². The average molecular weight is 330 g/mol. The number of aromatic nitrogens is 1. The number of rotatable bonds is 6. The molecule has 1 amide bonds. The lowest BCUT2D eigenvalue weighted by Gasteiger charge is -2.17. The summed E-state index contributed by atoms with van der Waals surface area (Å²) in [4.78, 5) is 17.7. The van der Waals surface area contributed by atoms with E-state index in [4.69, 9.17) is 0 Å². The summed E-state index contributed by atoms with van der Waals surface area (Å²) in [5.74, 6) is 2.18. The van der Waals surface area contributed by atoms with Crippen molar-refractivity contribution in [2.75, 3.05) is 13.6 Å². The zero-order valence-corrected chi connectivity index (χ0v) is 14.8. The molecule has 3 aromatic rings. The maximum absolute atomic E-state index is 12.6. The molecule has 0 unspecified atom stereocenters. The van der Waals surface area contributed by atoms with E-state index in [1.165, 1.54) is 16.4 Å². The summed E-state index contributed by atoms with van der Waals surface area (Å²) in [6.45, 7) is 2.71. The Kier molecular flexibility index (Phi) is 5.39. The summed E-state index contributed by atoms with van der Waals surface area (Å²) in [5.41, 5.74) is 4.35. The molecule has 2 aromatic carbocycles. The molecule has 0 atom stereocenters. The molecule has 1 N–H and O–H groups in total. The van der Waals surface area contributed by atoms with Gasteiger partial charge < -0.3 is 9.88 Å². The zero-order chi connectivity index (χ0) is 17.6. The fraction of sp³-hybridized carbons (Fsp3) is 0.190. The van der Waals surface area contributed by atoms with E-state index >= 15 is 0 Å². The van der Waals surface area contributed by atoms with Crippen LogP contribution in [-0.4, -0.2) is 36.7 Å². The maximum Gasteiger partial charge on any atom is 0.253 e. The molecule has 0 fully saturated rings. The second-order valence-electron chi connectivity index (χ2n) is 6.31. The number of nitrogens with one attached hydrogen (secondary N) is 1. The number of H-pyrrole nitrogens is 1. The van der Waals surface area contributed by atoms with Crippen LogP contribution in [0.5, 0.6) is 0 Å². The number of hydrogen-bond acceptors (Lipinski definition) is 1. The molecule has 1 heterocycles. The van der Waals surface area contributed by atoms with Gasteiger partial charge in [-0.15, -0.1) is 12.1 Å². The van der Waals surface area contributed by atoms with Gasteiger partial charge in [-0.1, -0.05) is 35.8 Å². The second-order valence-corrected chi connectivity index (χ2v) is 6.31. The number of allylic oxidation sites excluding steroid dienone is 1. The number of likely N-dealkylation sites (N-methyl/N-ethyl adjacent to an activating group) is 1. The van der Waals surface area contributed by atoms with Gasteiger partial charge in [-0.2, -0.15) is 0 Å². The standard InChI is InChI=1S/C21H23BN2O/c1-3-13-22-18-10-8-16(9-11-18)21(25)24(2)14-12-17-15-23-20-7-5-4-6-19(17)20/h3-11,13,15,22-23H,12,14H2,1-2H3/b13-3-. The van der Waals surface area contributed by atoms with Crippen LogP contribution in [0.3, 0.4) is 0 Å². The van der Waals surface area contributed by atoms with Gasteiger partial charge in [-0.3, -0.25) is 4.79 Å². The third-order valence-corrected chi connectivity index (χ3v) is 4.53. The molecule has 25 heavy (non-hydrogen) atoms. The van der Waals surface area contributed by atoms with Gasteiger partial charge in [0.15, 0.2) is 7.28 Å². The average Bonchev–Trinajstić information content (AvgIpc) is 3.07. The summed E-state index contributed by atoms with van der Waals surface area (Å²) in [5, 5.41) is 1.23. The van der Waals surface area contributed by atoms with E-state index in [0.29, 0.717) is 6.54 Å². The van der Waals surface area contributed by atoms with Gasteiger partial charge in [0.2, 0.25) is 0 Å². The van der Waals surface area contributed by atoms with Crippen LogP contribution < -0.4 is 5.46 Å². The Hall–Kier alpha value is -2.75. The van der Waals surface area contributed by atoms with Crippen molar-refractivity contribution in [3.8, 4) is 0 Å². The van der Waals surface area contributed by atoms with Gasteiger partial charge in [0.1, 0.15) is 0 Å². The molecule has 4 heteroatoms. The van der Waals surface area contributed by atoms with Crippen molar-refractivity contribution in [2.45, 2.75) is 13.3 Å². The minimum atomic E-state index is 0.0671. The number of carbonyl (C=O) groups is 1. The molecule has 3 nitrogen and oxygen atoms in total. The SMILES string of the molecule is C/C=C\Bc1ccc(C(=O)N(C)CCc2c[nH]c3ccccc23)cc1. The Morgan fingerprint density at radius 2 is 1.92 bits per heavy atom. The fourth-order valence-corrected chi connectivity index (χ4v) is 2.99. The summed E-state index contributed by atoms with van der Waals surface area (Å²) in [6.07, 6.45) is 4.92. The second kappa shape index (κ2) is 7.89. The predicted molar refractivity (Wildman–Crippen MR) is 107 cm³/mol. The van der Waals surface area contributed by atoms with Gasteiger partial charge in [0, 0.05) is 36.3 Å². The van der Waals surface area contributed by atoms with Crippen LogP contribution in [-0.2, 0) is 6.42 Å². The minimum Gasteiger partial charge on any atom is -0.361 e. The minimum absolute atomic E-state index is 0.0671. The number of para-hydroxylation sites is 1. The normalized spacial score (nSPS) is 11.1. The molecule has 0 saturated carbocycles. The van der Waals surface area contributed by atoms with E-state index in [2.05, 4.69) is 23.1 Å². The first-order valence-corrected chi connectivity index (χ1v) is 8.69. The number of nitrogens with zero attached hydrogens (tertiary/aromatic N) is 1. The summed E-state index contributed by atoms with van der Waals surface area (Å²) >= 11 is 0. The molecular weight excluding hydrogens is 307 g/mol.